The number of primary amides is 1. The third-order valence-corrected chi connectivity index (χ3v) is 6.69. The maximum atomic E-state index is 15.0. The molecule has 0 spiro atoms. The third kappa shape index (κ3) is 3.88. The van der Waals surface area contributed by atoms with Gasteiger partial charge in [-0.15, -0.1) is 0 Å². The number of benzene rings is 1. The summed E-state index contributed by atoms with van der Waals surface area (Å²) in [5, 5.41) is 0.164. The minimum Gasteiger partial charge on any atom is -0.364 e. The van der Waals surface area contributed by atoms with Crippen LogP contribution in [0, 0.1) is 11.7 Å². The molecule has 1 aromatic carbocycles. The predicted molar refractivity (Wildman–Crippen MR) is 116 cm³/mol. The van der Waals surface area contributed by atoms with Crippen molar-refractivity contribution < 1.29 is 18.0 Å². The summed E-state index contributed by atoms with van der Waals surface area (Å²) in [4.78, 5) is 31.4. The molecule has 168 valence electrons. The van der Waals surface area contributed by atoms with Crippen molar-refractivity contribution in [2.24, 2.45) is 11.7 Å². The number of aromatic nitrogens is 2. The van der Waals surface area contributed by atoms with Crippen LogP contribution in [0.2, 0.25) is 5.02 Å². The number of carbonyl (C=O) groups excluding carboxylic acids is 1. The van der Waals surface area contributed by atoms with E-state index >= 15 is 0 Å². The number of hydrogen-bond acceptors (Lipinski definition) is 3. The quantitative estimate of drug-likeness (QED) is 0.561. The molecule has 1 aliphatic carbocycles. The Morgan fingerprint density at radius 1 is 1.28 bits per heavy atom. The second-order valence-electron chi connectivity index (χ2n) is 8.22. The maximum absolute atomic E-state index is 15.0. The Bertz CT molecular complexity index is 1260. The Labute approximate surface area is 186 Å². The normalized spacial score (nSPS) is 22.7. The number of nitrogens with one attached hydrogen (secondary N) is 1. The highest BCUT2D eigenvalue weighted by Gasteiger charge is 2.49. The monoisotopic (exact) mass is 463 g/mol. The lowest BCUT2D eigenvalue weighted by Gasteiger charge is -2.41. The molecule has 3 N–H and O–H groups in total. The van der Waals surface area contributed by atoms with Crippen LogP contribution in [-0.2, 0) is 0 Å². The Balaban J connectivity index is 1.89. The zero-order chi connectivity index (χ0) is 23.2. The molecule has 3 aromatic rings. The first kappa shape index (κ1) is 22.3. The Morgan fingerprint density at radius 2 is 2.03 bits per heavy atom. The van der Waals surface area contributed by atoms with Crippen molar-refractivity contribution in [1.29, 1.82) is 0 Å². The van der Waals surface area contributed by atoms with Gasteiger partial charge in [0, 0.05) is 41.2 Å². The number of rotatable bonds is 4. The topological polar surface area (TPSA) is 88.8 Å². The summed E-state index contributed by atoms with van der Waals surface area (Å²) in [5.41, 5.74) is 5.73. The van der Waals surface area contributed by atoms with Crippen LogP contribution in [0.3, 0.4) is 0 Å². The van der Waals surface area contributed by atoms with Gasteiger partial charge in [0.15, 0.2) is 5.43 Å². The standard InChI is InChI=1S/C23H21ClF3N3O2/c1-2-11-7-14(13-4-3-12(25)8-16(13)24)15(10-23(11,26)27)18-9-19(31)20-17(30-18)5-6-29-21(20)22(28)32/h3-6,8-9,11,14-15H,2,7,10H2,1H3,(H2,28,32)(H,30,31). The van der Waals surface area contributed by atoms with E-state index in [1.165, 1.54) is 30.5 Å². The average Bonchev–Trinajstić information content (AvgIpc) is 2.73. The molecule has 0 radical (unpaired) electrons. The van der Waals surface area contributed by atoms with Gasteiger partial charge in [-0.25, -0.2) is 13.2 Å². The van der Waals surface area contributed by atoms with Gasteiger partial charge >= 0.3 is 0 Å². The molecule has 4 rings (SSSR count). The van der Waals surface area contributed by atoms with Crippen LogP contribution >= 0.6 is 11.6 Å². The summed E-state index contributed by atoms with van der Waals surface area (Å²) in [6.45, 7) is 1.71. The van der Waals surface area contributed by atoms with E-state index in [4.69, 9.17) is 17.3 Å². The zero-order valence-corrected chi connectivity index (χ0v) is 17.9. The summed E-state index contributed by atoms with van der Waals surface area (Å²) in [6, 6.07) is 6.63. The van der Waals surface area contributed by atoms with Crippen LogP contribution in [-0.4, -0.2) is 21.8 Å². The molecule has 1 aliphatic rings. The van der Waals surface area contributed by atoms with E-state index in [0.717, 1.165) is 6.07 Å². The summed E-state index contributed by atoms with van der Waals surface area (Å²) in [7, 11) is 0. The van der Waals surface area contributed by atoms with Gasteiger partial charge in [0.2, 0.25) is 0 Å². The number of fused-ring (bicyclic) bond motifs is 1. The van der Waals surface area contributed by atoms with E-state index in [1.54, 1.807) is 6.92 Å². The van der Waals surface area contributed by atoms with Gasteiger partial charge in [-0.05, 0) is 42.5 Å². The van der Waals surface area contributed by atoms with Gasteiger partial charge in [0.05, 0.1) is 10.9 Å². The molecular weight excluding hydrogens is 443 g/mol. The predicted octanol–water partition coefficient (Wildman–Crippen LogP) is 5.14. The van der Waals surface area contributed by atoms with E-state index in [0.29, 0.717) is 11.3 Å². The van der Waals surface area contributed by atoms with Crippen LogP contribution in [0.1, 0.15) is 59.8 Å². The molecule has 3 unspecified atom stereocenters. The molecule has 9 heteroatoms. The molecule has 1 fully saturated rings. The van der Waals surface area contributed by atoms with Crippen LogP contribution < -0.4 is 11.2 Å². The van der Waals surface area contributed by atoms with E-state index < -0.39 is 47.3 Å². The smallest absolute Gasteiger partial charge is 0.268 e. The fourth-order valence-corrected chi connectivity index (χ4v) is 5.10. The number of carbonyl (C=O) groups is 1. The molecule has 0 aliphatic heterocycles. The average molecular weight is 464 g/mol. The van der Waals surface area contributed by atoms with Crippen molar-refractivity contribution in [3.63, 3.8) is 0 Å². The first-order chi connectivity index (χ1) is 15.1. The van der Waals surface area contributed by atoms with Crippen LogP contribution in [0.5, 0.6) is 0 Å². The SMILES string of the molecule is CCC1CC(c2ccc(F)cc2Cl)C(c2cc(=O)c3c(C(N)=O)nccc3[nH]2)CC1(F)F. The first-order valence-corrected chi connectivity index (χ1v) is 10.6. The number of halogens is 4. The Kier molecular flexibility index (Phi) is 5.75. The van der Waals surface area contributed by atoms with Crippen molar-refractivity contribution in [2.45, 2.75) is 43.9 Å². The number of alkyl halides is 2. The van der Waals surface area contributed by atoms with E-state index in [1.807, 2.05) is 0 Å². The second kappa shape index (κ2) is 8.24. The summed E-state index contributed by atoms with van der Waals surface area (Å²) in [6.07, 6.45) is 1.22. The van der Waals surface area contributed by atoms with Gasteiger partial charge in [0.1, 0.15) is 11.5 Å². The largest absolute Gasteiger partial charge is 0.364 e. The van der Waals surface area contributed by atoms with Gasteiger partial charge in [-0.3, -0.25) is 14.6 Å². The minimum atomic E-state index is -2.95. The molecular formula is C23H21ClF3N3O2. The molecule has 1 saturated carbocycles. The number of aromatic amines is 1. The van der Waals surface area contributed by atoms with E-state index in [-0.39, 0.29) is 34.5 Å². The second-order valence-corrected chi connectivity index (χ2v) is 8.63. The number of H-pyrrole nitrogens is 1. The molecule has 3 atom stereocenters. The molecule has 2 aromatic heterocycles. The highest BCUT2D eigenvalue weighted by molar-refractivity contribution is 6.31. The molecule has 1 amide bonds. The lowest BCUT2D eigenvalue weighted by molar-refractivity contribution is -0.0984. The third-order valence-electron chi connectivity index (χ3n) is 6.36. The molecule has 0 bridgehead atoms. The molecule has 5 nitrogen and oxygen atoms in total. The van der Waals surface area contributed by atoms with Crippen LogP contribution in [0.25, 0.3) is 10.9 Å². The van der Waals surface area contributed by atoms with Crippen molar-refractivity contribution in [1.82, 2.24) is 9.97 Å². The fraction of sp³-hybridized carbons (Fsp3) is 0.348. The van der Waals surface area contributed by atoms with Crippen molar-refractivity contribution in [3.05, 3.63) is 74.5 Å². The maximum Gasteiger partial charge on any atom is 0.268 e. The molecule has 2 heterocycles. The van der Waals surface area contributed by atoms with Crippen LogP contribution in [0.4, 0.5) is 13.2 Å². The lowest BCUT2D eigenvalue weighted by atomic mass is 9.67. The number of hydrogen-bond donors (Lipinski definition) is 2. The number of pyridine rings is 2. The van der Waals surface area contributed by atoms with Crippen molar-refractivity contribution >= 4 is 28.4 Å². The van der Waals surface area contributed by atoms with Crippen molar-refractivity contribution in [2.75, 3.05) is 0 Å². The first-order valence-electron chi connectivity index (χ1n) is 10.3. The van der Waals surface area contributed by atoms with Gasteiger partial charge < -0.3 is 10.7 Å². The summed E-state index contributed by atoms with van der Waals surface area (Å²) < 4.78 is 43.6. The zero-order valence-electron chi connectivity index (χ0n) is 17.2. The number of nitrogens with zero attached hydrogens (tertiary/aromatic N) is 1. The minimum absolute atomic E-state index is 0.00844. The van der Waals surface area contributed by atoms with Crippen molar-refractivity contribution in [3.8, 4) is 0 Å². The van der Waals surface area contributed by atoms with Gasteiger partial charge in [0.25, 0.3) is 11.8 Å². The lowest BCUT2D eigenvalue weighted by Crippen LogP contribution is -2.39. The fourth-order valence-electron chi connectivity index (χ4n) is 4.79. The van der Waals surface area contributed by atoms with E-state index in [2.05, 4.69) is 9.97 Å². The van der Waals surface area contributed by atoms with Gasteiger partial charge in [-0.2, -0.15) is 0 Å². The van der Waals surface area contributed by atoms with Gasteiger partial charge in [-0.1, -0.05) is 24.6 Å². The van der Waals surface area contributed by atoms with Crippen LogP contribution in [0.15, 0.2) is 41.3 Å². The highest BCUT2D eigenvalue weighted by atomic mass is 35.5. The number of amides is 1. The summed E-state index contributed by atoms with van der Waals surface area (Å²) in [5.74, 6) is -6.45. The molecule has 32 heavy (non-hydrogen) atoms. The number of nitrogens with two attached hydrogens (primary N) is 1. The Morgan fingerprint density at radius 3 is 2.69 bits per heavy atom. The Hall–Kier alpha value is -2.87. The molecule has 0 saturated heterocycles. The summed E-state index contributed by atoms with van der Waals surface area (Å²) >= 11 is 6.30. The van der Waals surface area contributed by atoms with E-state index in [9.17, 15) is 22.8 Å². The highest BCUT2D eigenvalue weighted by Crippen LogP contribution is 2.54.